The first-order chi connectivity index (χ1) is 9.31. The van der Waals surface area contributed by atoms with E-state index in [1.54, 1.807) is 18.2 Å². The third kappa shape index (κ3) is 3.20. The smallest absolute Gasteiger partial charge is 0.184 e. The van der Waals surface area contributed by atoms with Crippen molar-refractivity contribution in [1.82, 2.24) is 0 Å². The number of hydrogen-bond acceptors (Lipinski definition) is 3. The predicted molar refractivity (Wildman–Crippen MR) is 83.2 cm³/mol. The molecule has 0 heterocycles. The van der Waals surface area contributed by atoms with E-state index in [1.807, 2.05) is 0 Å². The Balaban J connectivity index is 2.49. The minimum atomic E-state index is -3.69. The summed E-state index contributed by atoms with van der Waals surface area (Å²) in [5.41, 5.74) is 6.26. The molecule has 0 aromatic heterocycles. The molecule has 0 aliphatic heterocycles. The Morgan fingerprint density at radius 2 is 1.55 bits per heavy atom. The number of hydrogen-bond donors (Lipinski definition) is 1. The molecule has 0 bridgehead atoms. The maximum absolute atomic E-state index is 12.4. The van der Waals surface area contributed by atoms with Crippen LogP contribution < -0.4 is 5.73 Å². The molecule has 2 aromatic carbocycles. The van der Waals surface area contributed by atoms with E-state index in [-0.39, 0.29) is 15.7 Å². The van der Waals surface area contributed by atoms with Gasteiger partial charge < -0.3 is 5.73 Å². The Morgan fingerprint density at radius 3 is 2.15 bits per heavy atom. The second-order valence-electron chi connectivity index (χ2n) is 4.15. The van der Waals surface area contributed by atoms with Crippen molar-refractivity contribution in [1.29, 1.82) is 0 Å². The first-order valence-electron chi connectivity index (χ1n) is 5.52. The fourth-order valence-corrected chi connectivity index (χ4v) is 4.38. The molecule has 0 atom stereocenters. The molecule has 0 aliphatic rings. The summed E-state index contributed by atoms with van der Waals surface area (Å²) in [6.07, 6.45) is 0. The molecule has 0 unspecified atom stereocenters. The van der Waals surface area contributed by atoms with Crippen molar-refractivity contribution in [2.75, 3.05) is 5.73 Å². The zero-order valence-electron chi connectivity index (χ0n) is 10.1. The quantitative estimate of drug-likeness (QED) is 0.844. The van der Waals surface area contributed by atoms with Crippen LogP contribution in [0.1, 0.15) is 5.56 Å². The van der Waals surface area contributed by atoms with E-state index in [9.17, 15) is 8.42 Å². The molecular weight excluding hydrogens is 341 g/mol. The van der Waals surface area contributed by atoms with Crippen LogP contribution in [0.2, 0.25) is 15.1 Å². The lowest BCUT2D eigenvalue weighted by Gasteiger charge is -2.10. The highest BCUT2D eigenvalue weighted by Gasteiger charge is 2.22. The van der Waals surface area contributed by atoms with Crippen LogP contribution in [-0.4, -0.2) is 8.42 Å². The van der Waals surface area contributed by atoms with Crippen molar-refractivity contribution in [2.45, 2.75) is 10.6 Å². The number of nitrogen functional groups attached to an aromatic ring is 1. The van der Waals surface area contributed by atoms with Crippen molar-refractivity contribution in [3.05, 3.63) is 57.0 Å². The third-order valence-electron chi connectivity index (χ3n) is 2.69. The van der Waals surface area contributed by atoms with E-state index in [0.29, 0.717) is 21.3 Å². The van der Waals surface area contributed by atoms with Gasteiger partial charge in [-0.05, 0) is 30.3 Å². The van der Waals surface area contributed by atoms with Crippen molar-refractivity contribution in [3.8, 4) is 0 Å². The molecule has 0 radical (unpaired) electrons. The average molecular weight is 351 g/mol. The molecule has 0 aliphatic carbocycles. The van der Waals surface area contributed by atoms with Gasteiger partial charge in [0.25, 0.3) is 0 Å². The minimum Gasteiger partial charge on any atom is -0.399 e. The van der Waals surface area contributed by atoms with Crippen LogP contribution in [0.25, 0.3) is 0 Å². The highest BCUT2D eigenvalue weighted by molar-refractivity contribution is 7.90. The molecule has 2 aromatic rings. The Bertz CT molecular complexity index is 740. The highest BCUT2D eigenvalue weighted by Crippen LogP contribution is 2.31. The molecule has 7 heteroatoms. The van der Waals surface area contributed by atoms with Gasteiger partial charge in [-0.2, -0.15) is 0 Å². The molecule has 0 saturated heterocycles. The topological polar surface area (TPSA) is 60.2 Å². The average Bonchev–Trinajstić information content (AvgIpc) is 2.37. The lowest BCUT2D eigenvalue weighted by atomic mass is 10.2. The fourth-order valence-electron chi connectivity index (χ4n) is 1.70. The van der Waals surface area contributed by atoms with E-state index in [4.69, 9.17) is 40.5 Å². The van der Waals surface area contributed by atoms with Crippen LogP contribution in [0.5, 0.6) is 0 Å². The molecule has 2 rings (SSSR count). The minimum absolute atomic E-state index is 0.0323. The lowest BCUT2D eigenvalue weighted by Crippen LogP contribution is -2.07. The zero-order chi connectivity index (χ0) is 14.9. The van der Waals surface area contributed by atoms with Gasteiger partial charge in [0.1, 0.15) is 0 Å². The van der Waals surface area contributed by atoms with Crippen molar-refractivity contribution in [2.24, 2.45) is 0 Å². The molecule has 0 amide bonds. The second kappa shape index (κ2) is 5.82. The number of rotatable bonds is 3. The number of halogens is 3. The molecule has 2 N–H and O–H groups in total. The fraction of sp³-hybridized carbons (Fsp3) is 0.0769. The van der Waals surface area contributed by atoms with Gasteiger partial charge in [0.2, 0.25) is 0 Å². The summed E-state index contributed by atoms with van der Waals surface area (Å²) in [5.74, 6) is -0.339. The molecule has 106 valence electrons. The van der Waals surface area contributed by atoms with Gasteiger partial charge in [-0.3, -0.25) is 0 Å². The maximum atomic E-state index is 12.4. The number of anilines is 1. The van der Waals surface area contributed by atoms with Crippen molar-refractivity contribution < 1.29 is 8.42 Å². The summed E-state index contributed by atoms with van der Waals surface area (Å²) in [7, 11) is -3.69. The summed E-state index contributed by atoms with van der Waals surface area (Å²) in [4.78, 5) is -0.0323. The van der Waals surface area contributed by atoms with E-state index < -0.39 is 9.84 Å². The number of nitrogens with two attached hydrogens (primary N) is 1. The zero-order valence-corrected chi connectivity index (χ0v) is 13.2. The van der Waals surface area contributed by atoms with Gasteiger partial charge in [0.15, 0.2) is 9.84 Å². The van der Waals surface area contributed by atoms with E-state index in [2.05, 4.69) is 0 Å². The number of benzene rings is 2. The highest BCUT2D eigenvalue weighted by atomic mass is 35.5. The standard InChI is InChI=1S/C13H10Cl3NO2S/c14-10-2-1-3-11(15)9(10)7-20(18,19)13-6-8(17)4-5-12(13)16/h1-6H,7,17H2. The van der Waals surface area contributed by atoms with Gasteiger partial charge in [-0.1, -0.05) is 40.9 Å². The predicted octanol–water partition coefficient (Wildman–Crippen LogP) is 4.20. The summed E-state index contributed by atoms with van der Waals surface area (Å²) in [6.45, 7) is 0. The number of sulfone groups is 1. The molecule has 3 nitrogen and oxygen atoms in total. The maximum Gasteiger partial charge on any atom is 0.184 e. The SMILES string of the molecule is Nc1ccc(Cl)c(S(=O)(=O)Cc2c(Cl)cccc2Cl)c1. The molecule has 20 heavy (non-hydrogen) atoms. The van der Waals surface area contributed by atoms with Crippen molar-refractivity contribution >= 4 is 50.3 Å². The molecular formula is C13H10Cl3NO2S. The van der Waals surface area contributed by atoms with Crippen LogP contribution in [0.3, 0.4) is 0 Å². The first kappa shape index (κ1) is 15.4. The summed E-state index contributed by atoms with van der Waals surface area (Å²) >= 11 is 17.9. The lowest BCUT2D eigenvalue weighted by molar-refractivity contribution is 0.595. The summed E-state index contributed by atoms with van der Waals surface area (Å²) in [6, 6.07) is 9.11. The van der Waals surface area contributed by atoms with Gasteiger partial charge >= 0.3 is 0 Å². The van der Waals surface area contributed by atoms with Crippen LogP contribution in [0.15, 0.2) is 41.3 Å². The Morgan fingerprint density at radius 1 is 0.950 bits per heavy atom. The Hall–Kier alpha value is -0.940. The van der Waals surface area contributed by atoms with Gasteiger partial charge in [-0.15, -0.1) is 0 Å². The summed E-state index contributed by atoms with van der Waals surface area (Å²) in [5, 5.41) is 0.699. The van der Waals surface area contributed by atoms with Crippen LogP contribution in [0.4, 0.5) is 5.69 Å². The Kier molecular flexibility index (Phi) is 4.49. The first-order valence-corrected chi connectivity index (χ1v) is 8.30. The normalized spacial score (nSPS) is 11.6. The molecule has 0 spiro atoms. The van der Waals surface area contributed by atoms with E-state index >= 15 is 0 Å². The molecule has 0 fully saturated rings. The van der Waals surface area contributed by atoms with E-state index in [0.717, 1.165) is 0 Å². The van der Waals surface area contributed by atoms with Crippen LogP contribution >= 0.6 is 34.8 Å². The monoisotopic (exact) mass is 349 g/mol. The van der Waals surface area contributed by atoms with Crippen LogP contribution in [0, 0.1) is 0 Å². The third-order valence-corrected chi connectivity index (χ3v) is 5.51. The second-order valence-corrected chi connectivity index (χ2v) is 7.33. The van der Waals surface area contributed by atoms with Gasteiger partial charge in [0.05, 0.1) is 15.7 Å². The Labute approximate surface area is 132 Å². The largest absolute Gasteiger partial charge is 0.399 e. The van der Waals surface area contributed by atoms with Crippen molar-refractivity contribution in [3.63, 3.8) is 0 Å². The molecule has 0 saturated carbocycles. The summed E-state index contributed by atoms with van der Waals surface area (Å²) < 4.78 is 24.8. The van der Waals surface area contributed by atoms with E-state index in [1.165, 1.54) is 18.2 Å². The van der Waals surface area contributed by atoms with Crippen LogP contribution in [-0.2, 0) is 15.6 Å². The van der Waals surface area contributed by atoms with Gasteiger partial charge in [0, 0.05) is 21.3 Å². The van der Waals surface area contributed by atoms with Gasteiger partial charge in [-0.25, -0.2) is 8.42 Å².